The monoisotopic (exact) mass is 848 g/mol. The summed E-state index contributed by atoms with van der Waals surface area (Å²) in [5.74, 6) is -1.04. The molecule has 4 aromatic carbocycles. The van der Waals surface area contributed by atoms with Gasteiger partial charge in [0.1, 0.15) is 0 Å². The van der Waals surface area contributed by atoms with Crippen molar-refractivity contribution in [3.05, 3.63) is 125 Å². The van der Waals surface area contributed by atoms with Gasteiger partial charge in [0.2, 0.25) is 0 Å². The van der Waals surface area contributed by atoms with Crippen LogP contribution in [0.2, 0.25) is 0 Å². The van der Waals surface area contributed by atoms with Crippen LogP contribution < -0.4 is 21.1 Å². The minimum Gasteiger partial charge on any atom is -0.871 e. The molecule has 0 heterocycles. The maximum absolute atomic E-state index is 11.8. The summed E-state index contributed by atoms with van der Waals surface area (Å²) in [6.07, 6.45) is 2.64. The maximum Gasteiger partial charge on any atom is 2.00 e. The molecule has 0 unspecified atom stereocenters. The van der Waals surface area contributed by atoms with Gasteiger partial charge >= 0.3 is 16.5 Å². The van der Waals surface area contributed by atoms with Crippen LogP contribution in [-0.4, -0.2) is 24.2 Å². The van der Waals surface area contributed by atoms with Gasteiger partial charge in [-0.15, -0.1) is 0 Å². The minimum absolute atomic E-state index is 0. The first-order chi connectivity index (χ1) is 19.2. The molecule has 0 radical (unpaired) electrons. The molecule has 0 saturated heterocycles. The fourth-order valence-electron chi connectivity index (χ4n) is 2.98. The van der Waals surface area contributed by atoms with Crippen molar-refractivity contribution in [3.63, 3.8) is 0 Å². The molecule has 13 heteroatoms. The third kappa shape index (κ3) is 10.8. The Morgan fingerprint density at radius 1 is 0.610 bits per heavy atom. The van der Waals surface area contributed by atoms with Crippen LogP contribution in [0.25, 0.3) is 0 Å². The summed E-state index contributed by atoms with van der Waals surface area (Å²) in [5.41, 5.74) is 6.50. The second-order valence-corrected chi connectivity index (χ2v) is 11.3. The van der Waals surface area contributed by atoms with Crippen molar-refractivity contribution in [2.45, 2.75) is 0 Å². The predicted molar refractivity (Wildman–Crippen MR) is 166 cm³/mol. The Kier molecular flexibility index (Phi) is 14.4. The molecule has 0 aliphatic heterocycles. The number of nitrogens with one attached hydrogen (secondary N) is 2. The van der Waals surface area contributed by atoms with Gasteiger partial charge in [0.15, 0.2) is 0 Å². The Morgan fingerprint density at radius 3 is 1.29 bits per heavy atom. The summed E-state index contributed by atoms with van der Waals surface area (Å²) >= 11 is 12.9. The van der Waals surface area contributed by atoms with E-state index in [0.29, 0.717) is 31.2 Å². The SMILES string of the molecule is O=C(N/N=C/c1cc(Br)cc(Br)c1[O-])c1ccccc1.O=C(N/N=C/c1cc(Br)cc(Br)c1[O-])c1ccccc1.[Ni+2]. The topological polar surface area (TPSA) is 129 Å². The van der Waals surface area contributed by atoms with Crippen molar-refractivity contribution in [2.75, 3.05) is 0 Å². The van der Waals surface area contributed by atoms with E-state index in [1.165, 1.54) is 12.4 Å². The van der Waals surface area contributed by atoms with Crippen LogP contribution in [-0.2, 0) is 16.5 Å². The Balaban J connectivity index is 0.000000280. The van der Waals surface area contributed by atoms with Crippen molar-refractivity contribution in [3.8, 4) is 11.5 Å². The zero-order valence-electron chi connectivity index (χ0n) is 20.6. The molecule has 0 fully saturated rings. The third-order valence-corrected chi connectivity index (χ3v) is 6.98. The Hall–Kier alpha value is -2.83. The molecule has 2 amide bonds. The Bertz CT molecular complexity index is 1440. The summed E-state index contributed by atoms with van der Waals surface area (Å²) in [4.78, 5) is 23.5. The first-order valence-electron chi connectivity index (χ1n) is 11.2. The largest absolute Gasteiger partial charge is 2.00 e. The van der Waals surface area contributed by atoms with Crippen molar-refractivity contribution < 1.29 is 36.3 Å². The molecule has 8 nitrogen and oxygen atoms in total. The number of hydrazone groups is 2. The van der Waals surface area contributed by atoms with Crippen LogP contribution in [0.3, 0.4) is 0 Å². The molecular weight excluding hydrogens is 835 g/mol. The van der Waals surface area contributed by atoms with Crippen molar-refractivity contribution >= 4 is 88.0 Å². The van der Waals surface area contributed by atoms with Crippen molar-refractivity contribution in [1.29, 1.82) is 0 Å². The number of carbonyl (C=O) groups excluding carboxylic acids is 2. The fraction of sp³-hybridized carbons (Fsp3) is 0. The Labute approximate surface area is 279 Å². The van der Waals surface area contributed by atoms with Crippen LogP contribution >= 0.6 is 63.7 Å². The number of halogens is 4. The summed E-state index contributed by atoms with van der Waals surface area (Å²) in [5, 5.41) is 31.2. The molecule has 0 aromatic heterocycles. The second kappa shape index (κ2) is 17.2. The van der Waals surface area contributed by atoms with E-state index >= 15 is 0 Å². The van der Waals surface area contributed by atoms with E-state index in [4.69, 9.17) is 0 Å². The number of benzene rings is 4. The van der Waals surface area contributed by atoms with Crippen LogP contribution in [0.5, 0.6) is 11.5 Å². The van der Waals surface area contributed by atoms with Crippen LogP contribution in [0.15, 0.2) is 113 Å². The molecule has 2 N–H and O–H groups in total. The van der Waals surface area contributed by atoms with Gasteiger partial charge in [0, 0.05) is 29.0 Å². The maximum atomic E-state index is 11.8. The standard InChI is InChI=1S/2C14H10Br2N2O2.Ni/c2*15-11-6-10(13(19)12(16)7-11)8-17-18-14(20)9-4-2-1-3-5-9;/h2*1-8,19H,(H,18,20);/q;;+2/p-2/b2*17-8+;. The van der Waals surface area contributed by atoms with E-state index in [-0.39, 0.29) is 39.8 Å². The number of carbonyl (C=O) groups is 2. The molecular formula is C28H18Br4N4NiO4. The second-order valence-electron chi connectivity index (χ2n) is 7.74. The first-order valence-corrected chi connectivity index (χ1v) is 14.4. The number of rotatable bonds is 6. The van der Waals surface area contributed by atoms with Crippen LogP contribution in [0.1, 0.15) is 31.8 Å². The third-order valence-electron chi connectivity index (χ3n) is 4.89. The first kappa shape index (κ1) is 34.4. The zero-order chi connectivity index (χ0) is 29.1. The molecule has 4 rings (SSSR count). The summed E-state index contributed by atoms with van der Waals surface area (Å²) < 4.78 is 2.37. The molecule has 212 valence electrons. The van der Waals surface area contributed by atoms with Gasteiger partial charge in [-0.3, -0.25) is 9.59 Å². The number of amides is 2. The average molecular weight is 853 g/mol. The number of hydrogen-bond acceptors (Lipinski definition) is 6. The smallest absolute Gasteiger partial charge is 0.871 e. The summed E-state index contributed by atoms with van der Waals surface area (Å²) in [7, 11) is 0. The zero-order valence-corrected chi connectivity index (χ0v) is 27.9. The Morgan fingerprint density at radius 2 is 0.951 bits per heavy atom. The van der Waals surface area contributed by atoms with E-state index in [0.717, 1.165) is 8.95 Å². The predicted octanol–water partition coefficient (Wildman–Crippen LogP) is 6.10. The summed E-state index contributed by atoms with van der Waals surface area (Å²) in [6.45, 7) is 0. The van der Waals surface area contributed by atoms with Crippen LogP contribution in [0, 0.1) is 0 Å². The molecule has 0 aliphatic rings. The normalized spacial score (nSPS) is 10.4. The van der Waals surface area contributed by atoms with Gasteiger partial charge in [-0.1, -0.05) is 112 Å². The van der Waals surface area contributed by atoms with Crippen molar-refractivity contribution in [2.24, 2.45) is 10.2 Å². The van der Waals surface area contributed by atoms with E-state index in [2.05, 4.69) is 84.8 Å². The van der Waals surface area contributed by atoms with E-state index < -0.39 is 0 Å². The van der Waals surface area contributed by atoms with E-state index in [1.54, 1.807) is 72.8 Å². The van der Waals surface area contributed by atoms with Gasteiger partial charge < -0.3 is 10.2 Å². The van der Waals surface area contributed by atoms with Gasteiger partial charge in [-0.25, -0.2) is 10.9 Å². The van der Waals surface area contributed by atoms with Gasteiger partial charge in [0.25, 0.3) is 11.8 Å². The quantitative estimate of drug-likeness (QED) is 0.138. The van der Waals surface area contributed by atoms with Crippen LogP contribution in [0.4, 0.5) is 0 Å². The van der Waals surface area contributed by atoms with Crippen molar-refractivity contribution in [1.82, 2.24) is 10.9 Å². The molecule has 0 atom stereocenters. The number of nitrogens with zero attached hydrogens (tertiary/aromatic N) is 2. The van der Waals surface area contributed by atoms with Gasteiger partial charge in [0.05, 0.1) is 12.4 Å². The molecule has 0 spiro atoms. The molecule has 0 saturated carbocycles. The van der Waals surface area contributed by atoms with Gasteiger partial charge in [-0.05, 0) is 59.7 Å². The number of hydrogen-bond donors (Lipinski definition) is 2. The van der Waals surface area contributed by atoms with E-state index in [9.17, 15) is 19.8 Å². The fourth-order valence-corrected chi connectivity index (χ4v) is 5.50. The molecule has 41 heavy (non-hydrogen) atoms. The average Bonchev–Trinajstić information content (AvgIpc) is 2.95. The minimum atomic E-state index is -0.330. The van der Waals surface area contributed by atoms with Gasteiger partial charge in [-0.2, -0.15) is 10.2 Å². The van der Waals surface area contributed by atoms with E-state index in [1.807, 2.05) is 12.1 Å². The summed E-state index contributed by atoms with van der Waals surface area (Å²) in [6, 6.07) is 24.0. The molecule has 0 aliphatic carbocycles. The molecule has 0 bridgehead atoms. The molecule has 4 aromatic rings.